The molecule has 148 valence electrons. The molecule has 0 amide bonds. The molecule has 0 aliphatic heterocycles. The van der Waals surface area contributed by atoms with Crippen LogP contribution in [0.15, 0.2) is 54.7 Å². The molecule has 2 unspecified atom stereocenters. The average Bonchev–Trinajstić information content (AvgIpc) is 3.18. The van der Waals surface area contributed by atoms with Crippen molar-refractivity contribution in [3.05, 3.63) is 60.3 Å². The van der Waals surface area contributed by atoms with Crippen LogP contribution in [0.3, 0.4) is 0 Å². The number of hydrogen-bond acceptors (Lipinski definition) is 4. The Morgan fingerprint density at radius 2 is 1.79 bits per heavy atom. The van der Waals surface area contributed by atoms with Crippen molar-refractivity contribution in [1.29, 1.82) is 0 Å². The Kier molecular flexibility index (Phi) is 5.29. The van der Waals surface area contributed by atoms with Gasteiger partial charge in [-0.1, -0.05) is 24.6 Å². The molecule has 1 aliphatic carbocycles. The molecule has 4 rings (SSSR count). The molecule has 2 atom stereocenters. The van der Waals surface area contributed by atoms with Crippen LogP contribution in [0.1, 0.15) is 31.2 Å². The smallest absolute Gasteiger partial charge is 0.122 e. The van der Waals surface area contributed by atoms with E-state index in [9.17, 15) is 0 Å². The van der Waals surface area contributed by atoms with Crippen molar-refractivity contribution < 1.29 is 14.2 Å². The van der Waals surface area contributed by atoms with Crippen LogP contribution in [0.4, 0.5) is 0 Å². The molecule has 0 saturated heterocycles. The van der Waals surface area contributed by atoms with Gasteiger partial charge in [-0.25, -0.2) is 0 Å². The highest BCUT2D eigenvalue weighted by Crippen LogP contribution is 2.36. The van der Waals surface area contributed by atoms with E-state index in [1.807, 2.05) is 18.2 Å². The van der Waals surface area contributed by atoms with E-state index in [4.69, 9.17) is 19.9 Å². The van der Waals surface area contributed by atoms with Crippen LogP contribution in [-0.4, -0.2) is 24.9 Å². The van der Waals surface area contributed by atoms with E-state index in [0.717, 1.165) is 48.3 Å². The van der Waals surface area contributed by atoms with E-state index >= 15 is 0 Å². The minimum absolute atomic E-state index is 0.0609. The predicted octanol–water partition coefficient (Wildman–Crippen LogP) is 4.43. The second-order valence-corrected chi connectivity index (χ2v) is 7.50. The largest absolute Gasteiger partial charge is 0.497 e. The van der Waals surface area contributed by atoms with Gasteiger partial charge in [-0.3, -0.25) is 0 Å². The molecule has 1 aliphatic rings. The zero-order chi connectivity index (χ0) is 19.6. The van der Waals surface area contributed by atoms with Gasteiger partial charge in [0.15, 0.2) is 0 Å². The van der Waals surface area contributed by atoms with Crippen LogP contribution in [-0.2, 0) is 17.0 Å². The highest BCUT2D eigenvalue weighted by Gasteiger charge is 2.40. The molecular weight excluding hydrogens is 352 g/mol. The Bertz CT molecular complexity index is 930. The zero-order valence-electron chi connectivity index (χ0n) is 16.6. The van der Waals surface area contributed by atoms with Crippen molar-refractivity contribution in [2.45, 2.75) is 44.1 Å². The fraction of sp³-hybridized carbons (Fsp3) is 0.391. The molecule has 1 saturated carbocycles. The van der Waals surface area contributed by atoms with Crippen LogP contribution in [0.5, 0.6) is 11.5 Å². The number of nitrogens with zero attached hydrogens (tertiary/aromatic N) is 1. The SMILES string of the molecule is COc1cc(COC2CCCCC2(N)n2ccc3ccccc32)cc(OC)c1. The topological polar surface area (TPSA) is 58.6 Å². The van der Waals surface area contributed by atoms with Crippen molar-refractivity contribution in [2.75, 3.05) is 14.2 Å². The van der Waals surface area contributed by atoms with E-state index in [0.29, 0.717) is 6.61 Å². The molecule has 0 spiro atoms. The lowest BCUT2D eigenvalue weighted by atomic mass is 9.86. The average molecular weight is 380 g/mol. The molecule has 3 aromatic rings. The molecule has 5 nitrogen and oxygen atoms in total. The number of nitrogens with two attached hydrogens (primary N) is 1. The quantitative estimate of drug-likeness (QED) is 0.687. The molecule has 2 N–H and O–H groups in total. The van der Waals surface area contributed by atoms with Gasteiger partial charge in [-0.15, -0.1) is 0 Å². The molecule has 1 aromatic heterocycles. The van der Waals surface area contributed by atoms with Gasteiger partial charge in [0.1, 0.15) is 17.2 Å². The third-order valence-electron chi connectivity index (χ3n) is 5.76. The van der Waals surface area contributed by atoms with Gasteiger partial charge in [0.05, 0.1) is 26.9 Å². The molecule has 2 aromatic carbocycles. The molecular formula is C23H28N2O3. The second kappa shape index (κ2) is 7.86. The van der Waals surface area contributed by atoms with Gasteiger partial charge in [0, 0.05) is 17.8 Å². The van der Waals surface area contributed by atoms with Crippen molar-refractivity contribution >= 4 is 10.9 Å². The van der Waals surface area contributed by atoms with E-state index in [1.54, 1.807) is 14.2 Å². The molecule has 5 heteroatoms. The zero-order valence-corrected chi connectivity index (χ0v) is 16.6. The minimum Gasteiger partial charge on any atom is -0.497 e. The van der Waals surface area contributed by atoms with Crippen molar-refractivity contribution in [3.8, 4) is 11.5 Å². The second-order valence-electron chi connectivity index (χ2n) is 7.50. The number of hydrogen-bond donors (Lipinski definition) is 1. The van der Waals surface area contributed by atoms with Crippen molar-refractivity contribution in [2.24, 2.45) is 5.73 Å². The van der Waals surface area contributed by atoms with E-state index in [2.05, 4.69) is 41.1 Å². The van der Waals surface area contributed by atoms with Crippen molar-refractivity contribution in [3.63, 3.8) is 0 Å². The minimum atomic E-state index is -0.551. The third kappa shape index (κ3) is 3.48. The Hall–Kier alpha value is -2.50. The number of ether oxygens (including phenoxy) is 3. The summed E-state index contributed by atoms with van der Waals surface area (Å²) in [6.07, 6.45) is 6.12. The molecule has 0 bridgehead atoms. The summed E-state index contributed by atoms with van der Waals surface area (Å²) in [4.78, 5) is 0. The summed E-state index contributed by atoms with van der Waals surface area (Å²) in [5.74, 6) is 1.52. The summed E-state index contributed by atoms with van der Waals surface area (Å²) >= 11 is 0. The summed E-state index contributed by atoms with van der Waals surface area (Å²) in [7, 11) is 3.31. The first kappa shape index (κ1) is 18.8. The van der Waals surface area contributed by atoms with Gasteiger partial charge in [-0.2, -0.15) is 0 Å². The molecule has 0 radical (unpaired) electrons. The lowest BCUT2D eigenvalue weighted by molar-refractivity contribution is -0.0643. The standard InChI is InChI=1S/C23H28N2O3/c1-26-19-13-17(14-20(15-19)27-2)16-28-22-9-5-6-11-23(22,24)25-12-10-18-7-3-4-8-21(18)25/h3-4,7-8,10,12-15,22H,5-6,9,11,16,24H2,1-2H3. The fourth-order valence-corrected chi connectivity index (χ4v) is 4.24. The number of methoxy groups -OCH3 is 2. The highest BCUT2D eigenvalue weighted by molar-refractivity contribution is 5.80. The van der Waals surface area contributed by atoms with Gasteiger partial charge in [0.25, 0.3) is 0 Å². The van der Waals surface area contributed by atoms with Gasteiger partial charge < -0.3 is 24.5 Å². The number of rotatable bonds is 6. The Labute approximate surface area is 166 Å². The number of aromatic nitrogens is 1. The Morgan fingerprint density at radius 3 is 2.54 bits per heavy atom. The van der Waals surface area contributed by atoms with Crippen LogP contribution < -0.4 is 15.2 Å². The Morgan fingerprint density at radius 1 is 1.04 bits per heavy atom. The first-order chi connectivity index (χ1) is 13.6. The Balaban J connectivity index is 1.59. The normalized spacial score (nSPS) is 22.3. The van der Waals surface area contributed by atoms with Crippen LogP contribution in [0.25, 0.3) is 10.9 Å². The summed E-state index contributed by atoms with van der Waals surface area (Å²) < 4.78 is 19.4. The third-order valence-corrected chi connectivity index (χ3v) is 5.76. The first-order valence-corrected chi connectivity index (χ1v) is 9.83. The van der Waals surface area contributed by atoms with E-state index in [1.165, 1.54) is 5.39 Å². The van der Waals surface area contributed by atoms with E-state index < -0.39 is 5.66 Å². The number of benzene rings is 2. The van der Waals surface area contributed by atoms with Crippen LogP contribution in [0, 0.1) is 0 Å². The highest BCUT2D eigenvalue weighted by atomic mass is 16.5. The maximum absolute atomic E-state index is 7.00. The molecule has 28 heavy (non-hydrogen) atoms. The van der Waals surface area contributed by atoms with Crippen LogP contribution >= 0.6 is 0 Å². The van der Waals surface area contributed by atoms with Crippen LogP contribution in [0.2, 0.25) is 0 Å². The fourth-order valence-electron chi connectivity index (χ4n) is 4.24. The van der Waals surface area contributed by atoms with Gasteiger partial charge >= 0.3 is 0 Å². The maximum atomic E-state index is 7.00. The van der Waals surface area contributed by atoms with E-state index in [-0.39, 0.29) is 6.10 Å². The summed E-state index contributed by atoms with van der Waals surface area (Å²) in [5.41, 5.74) is 8.62. The van der Waals surface area contributed by atoms with Gasteiger partial charge in [-0.05, 0) is 54.5 Å². The first-order valence-electron chi connectivity index (χ1n) is 9.83. The van der Waals surface area contributed by atoms with Gasteiger partial charge in [0.2, 0.25) is 0 Å². The summed E-state index contributed by atoms with van der Waals surface area (Å²) in [5, 5.41) is 1.20. The van der Waals surface area contributed by atoms with Crippen molar-refractivity contribution in [1.82, 2.24) is 4.57 Å². The lowest BCUT2D eigenvalue weighted by Crippen LogP contribution is -2.55. The summed E-state index contributed by atoms with van der Waals surface area (Å²) in [6, 6.07) is 16.3. The number of para-hydroxylation sites is 1. The molecule has 1 fully saturated rings. The maximum Gasteiger partial charge on any atom is 0.122 e. The molecule has 1 heterocycles. The predicted molar refractivity (Wildman–Crippen MR) is 111 cm³/mol. The number of fused-ring (bicyclic) bond motifs is 1. The lowest BCUT2D eigenvalue weighted by Gasteiger charge is -2.42. The summed E-state index contributed by atoms with van der Waals surface area (Å²) in [6.45, 7) is 0.469. The monoisotopic (exact) mass is 380 g/mol.